The Balaban J connectivity index is 2.30. The zero-order valence-electron chi connectivity index (χ0n) is 9.48. The zero-order valence-corrected chi connectivity index (χ0v) is 10.2. The number of nitrogens with zero attached hydrogens (tertiary/aromatic N) is 3. The monoisotopic (exact) mass is 252 g/mol. The number of hydrogen-bond donors (Lipinski definition) is 1. The van der Waals surface area contributed by atoms with E-state index < -0.39 is 0 Å². The van der Waals surface area contributed by atoms with Crippen LogP contribution in [-0.2, 0) is 7.05 Å². The standard InChI is InChI=1S/C11H13ClN4O/c1-15-9-4-7(12)5-14-10(9)16(11(15)17)8-2-3-13-6-8/h4-5,8,13H,2-3,6H2,1H3. The lowest BCUT2D eigenvalue weighted by Crippen LogP contribution is -2.27. The van der Waals surface area contributed by atoms with Crippen molar-refractivity contribution in [2.75, 3.05) is 13.1 Å². The van der Waals surface area contributed by atoms with Crippen molar-refractivity contribution >= 4 is 22.8 Å². The molecule has 6 heteroatoms. The summed E-state index contributed by atoms with van der Waals surface area (Å²) in [7, 11) is 1.75. The van der Waals surface area contributed by atoms with Gasteiger partial charge in [-0.2, -0.15) is 0 Å². The van der Waals surface area contributed by atoms with E-state index >= 15 is 0 Å². The summed E-state index contributed by atoms with van der Waals surface area (Å²) in [5.41, 5.74) is 1.48. The Labute approximate surface area is 103 Å². The third kappa shape index (κ3) is 1.57. The molecule has 2 aromatic rings. The van der Waals surface area contributed by atoms with Gasteiger partial charge < -0.3 is 5.32 Å². The average Bonchev–Trinajstić information content (AvgIpc) is 2.90. The molecule has 1 unspecified atom stereocenters. The number of nitrogens with one attached hydrogen (secondary N) is 1. The number of rotatable bonds is 1. The maximum absolute atomic E-state index is 12.2. The first kappa shape index (κ1) is 10.8. The number of aryl methyl sites for hydroxylation is 1. The van der Waals surface area contributed by atoms with Crippen LogP contribution in [0.25, 0.3) is 11.2 Å². The fraction of sp³-hybridized carbons (Fsp3) is 0.455. The van der Waals surface area contributed by atoms with E-state index in [1.165, 1.54) is 0 Å². The minimum Gasteiger partial charge on any atom is -0.315 e. The van der Waals surface area contributed by atoms with E-state index in [0.717, 1.165) is 30.7 Å². The van der Waals surface area contributed by atoms with Gasteiger partial charge in [-0.1, -0.05) is 11.6 Å². The maximum Gasteiger partial charge on any atom is 0.330 e. The first-order chi connectivity index (χ1) is 8.18. The summed E-state index contributed by atoms with van der Waals surface area (Å²) in [4.78, 5) is 16.5. The highest BCUT2D eigenvalue weighted by Crippen LogP contribution is 2.21. The molecule has 1 aliphatic rings. The maximum atomic E-state index is 12.2. The van der Waals surface area contributed by atoms with Crippen LogP contribution in [0.15, 0.2) is 17.1 Å². The number of hydrogen-bond acceptors (Lipinski definition) is 3. The van der Waals surface area contributed by atoms with Gasteiger partial charge in [0.1, 0.15) is 0 Å². The Morgan fingerprint density at radius 3 is 3.12 bits per heavy atom. The summed E-state index contributed by atoms with van der Waals surface area (Å²) in [5.74, 6) is 0. The van der Waals surface area contributed by atoms with Crippen LogP contribution in [0, 0.1) is 0 Å². The van der Waals surface area contributed by atoms with Crippen molar-refractivity contribution in [1.82, 2.24) is 19.4 Å². The molecule has 3 heterocycles. The number of pyridine rings is 1. The van der Waals surface area contributed by atoms with Crippen molar-refractivity contribution in [3.63, 3.8) is 0 Å². The van der Waals surface area contributed by atoms with Gasteiger partial charge in [-0.15, -0.1) is 0 Å². The Hall–Kier alpha value is -1.33. The Kier molecular flexibility index (Phi) is 2.45. The smallest absolute Gasteiger partial charge is 0.315 e. The molecule has 2 aromatic heterocycles. The Morgan fingerprint density at radius 1 is 1.59 bits per heavy atom. The lowest BCUT2D eigenvalue weighted by Gasteiger charge is -2.09. The summed E-state index contributed by atoms with van der Waals surface area (Å²) in [6.07, 6.45) is 2.55. The first-order valence-electron chi connectivity index (χ1n) is 5.61. The number of aromatic nitrogens is 3. The topological polar surface area (TPSA) is 51.9 Å². The molecule has 1 fully saturated rings. The summed E-state index contributed by atoms with van der Waals surface area (Å²) < 4.78 is 3.37. The van der Waals surface area contributed by atoms with Crippen LogP contribution < -0.4 is 11.0 Å². The molecular weight excluding hydrogens is 240 g/mol. The van der Waals surface area contributed by atoms with E-state index in [1.807, 2.05) is 0 Å². The molecule has 0 amide bonds. The van der Waals surface area contributed by atoms with E-state index in [0.29, 0.717) is 5.02 Å². The third-order valence-electron chi connectivity index (χ3n) is 3.30. The molecule has 1 saturated heterocycles. The van der Waals surface area contributed by atoms with E-state index in [4.69, 9.17) is 11.6 Å². The highest BCUT2D eigenvalue weighted by Gasteiger charge is 2.23. The SMILES string of the molecule is Cn1c(=O)n(C2CCNC2)c2ncc(Cl)cc21. The zero-order chi connectivity index (χ0) is 12.0. The molecular formula is C11H13ClN4O. The van der Waals surface area contributed by atoms with Gasteiger partial charge in [0.2, 0.25) is 0 Å². The van der Waals surface area contributed by atoms with Crippen LogP contribution in [0.4, 0.5) is 0 Å². The average molecular weight is 253 g/mol. The van der Waals surface area contributed by atoms with Crippen LogP contribution in [0.1, 0.15) is 12.5 Å². The molecule has 0 aliphatic carbocycles. The molecule has 0 aromatic carbocycles. The van der Waals surface area contributed by atoms with E-state index in [1.54, 1.807) is 28.4 Å². The van der Waals surface area contributed by atoms with E-state index in [-0.39, 0.29) is 11.7 Å². The Morgan fingerprint density at radius 2 is 2.41 bits per heavy atom. The van der Waals surface area contributed by atoms with Gasteiger partial charge in [0.15, 0.2) is 5.65 Å². The van der Waals surface area contributed by atoms with Crippen LogP contribution >= 0.6 is 11.6 Å². The van der Waals surface area contributed by atoms with Crippen LogP contribution in [-0.4, -0.2) is 27.2 Å². The van der Waals surface area contributed by atoms with Crippen molar-refractivity contribution in [2.45, 2.75) is 12.5 Å². The quantitative estimate of drug-likeness (QED) is 0.821. The van der Waals surface area contributed by atoms with Crippen LogP contribution in [0.5, 0.6) is 0 Å². The molecule has 17 heavy (non-hydrogen) atoms. The van der Waals surface area contributed by atoms with Crippen molar-refractivity contribution in [2.24, 2.45) is 7.05 Å². The van der Waals surface area contributed by atoms with Gasteiger partial charge in [-0.25, -0.2) is 9.78 Å². The molecule has 90 valence electrons. The molecule has 5 nitrogen and oxygen atoms in total. The lowest BCUT2D eigenvalue weighted by atomic mass is 10.2. The van der Waals surface area contributed by atoms with Gasteiger partial charge in [0.25, 0.3) is 0 Å². The second-order valence-corrected chi connectivity index (χ2v) is 4.79. The predicted molar refractivity (Wildman–Crippen MR) is 66.5 cm³/mol. The fourth-order valence-electron chi connectivity index (χ4n) is 2.40. The fourth-order valence-corrected chi connectivity index (χ4v) is 2.55. The highest BCUT2D eigenvalue weighted by molar-refractivity contribution is 6.31. The lowest BCUT2D eigenvalue weighted by molar-refractivity contribution is 0.532. The summed E-state index contributed by atoms with van der Waals surface area (Å²) in [6, 6.07) is 1.98. The number of imidazole rings is 1. The summed E-state index contributed by atoms with van der Waals surface area (Å²) in [5, 5.41) is 3.81. The predicted octanol–water partition coefficient (Wildman–Crippen LogP) is 0.923. The minimum absolute atomic E-state index is 0.0246. The van der Waals surface area contributed by atoms with Gasteiger partial charge in [0.05, 0.1) is 16.6 Å². The molecule has 1 N–H and O–H groups in total. The van der Waals surface area contributed by atoms with Crippen molar-refractivity contribution in [3.8, 4) is 0 Å². The summed E-state index contributed by atoms with van der Waals surface area (Å²) >= 11 is 5.91. The number of fused-ring (bicyclic) bond motifs is 1. The van der Waals surface area contributed by atoms with Gasteiger partial charge in [-0.3, -0.25) is 9.13 Å². The second-order valence-electron chi connectivity index (χ2n) is 4.35. The molecule has 1 atom stereocenters. The van der Waals surface area contributed by atoms with Crippen LogP contribution in [0.3, 0.4) is 0 Å². The first-order valence-corrected chi connectivity index (χ1v) is 5.99. The Bertz CT molecular complexity index is 624. The number of halogens is 1. The van der Waals surface area contributed by atoms with Crippen LogP contribution in [0.2, 0.25) is 5.02 Å². The van der Waals surface area contributed by atoms with Crippen molar-refractivity contribution in [1.29, 1.82) is 0 Å². The van der Waals surface area contributed by atoms with E-state index in [9.17, 15) is 4.79 Å². The molecule has 0 saturated carbocycles. The van der Waals surface area contributed by atoms with Gasteiger partial charge in [0, 0.05) is 19.8 Å². The van der Waals surface area contributed by atoms with Gasteiger partial charge >= 0.3 is 5.69 Å². The molecule has 3 rings (SSSR count). The van der Waals surface area contributed by atoms with E-state index in [2.05, 4.69) is 10.3 Å². The molecule has 0 radical (unpaired) electrons. The largest absolute Gasteiger partial charge is 0.330 e. The minimum atomic E-state index is -0.0246. The highest BCUT2D eigenvalue weighted by atomic mass is 35.5. The normalized spacial score (nSPS) is 20.2. The third-order valence-corrected chi connectivity index (χ3v) is 3.50. The molecule has 1 aliphatic heterocycles. The van der Waals surface area contributed by atoms with Gasteiger partial charge in [-0.05, 0) is 19.0 Å². The molecule has 0 bridgehead atoms. The van der Waals surface area contributed by atoms with Crippen molar-refractivity contribution in [3.05, 3.63) is 27.8 Å². The second kappa shape index (κ2) is 3.85. The van der Waals surface area contributed by atoms with Crippen molar-refractivity contribution < 1.29 is 0 Å². The summed E-state index contributed by atoms with van der Waals surface area (Å²) in [6.45, 7) is 1.77. The molecule has 0 spiro atoms.